The van der Waals surface area contributed by atoms with Crippen LogP contribution in [0.25, 0.3) is 0 Å². The summed E-state index contributed by atoms with van der Waals surface area (Å²) in [5.74, 6) is 0. The Labute approximate surface area is 81.9 Å². The molecule has 1 saturated heterocycles. The molecule has 2 N–H and O–H groups in total. The highest BCUT2D eigenvalue weighted by Gasteiger charge is 2.19. The van der Waals surface area contributed by atoms with Crippen molar-refractivity contribution in [1.82, 2.24) is 9.80 Å². The molecule has 1 aliphatic heterocycles. The van der Waals surface area contributed by atoms with Crippen LogP contribution in [0.15, 0.2) is 0 Å². The third kappa shape index (κ3) is 3.25. The molecular weight excluding hydrogens is 162 g/mol. The van der Waals surface area contributed by atoms with Crippen molar-refractivity contribution in [3.8, 4) is 0 Å². The first-order valence-corrected chi connectivity index (χ1v) is 5.44. The van der Waals surface area contributed by atoms with Gasteiger partial charge in [-0.3, -0.25) is 4.90 Å². The van der Waals surface area contributed by atoms with Gasteiger partial charge in [0.1, 0.15) is 0 Å². The van der Waals surface area contributed by atoms with Gasteiger partial charge in [0.2, 0.25) is 0 Å². The van der Waals surface area contributed by atoms with Gasteiger partial charge in [-0.2, -0.15) is 0 Å². The third-order valence-corrected chi connectivity index (χ3v) is 2.93. The number of nitrogens with two attached hydrogens (primary N) is 1. The van der Waals surface area contributed by atoms with E-state index in [-0.39, 0.29) is 0 Å². The van der Waals surface area contributed by atoms with Gasteiger partial charge in [-0.1, -0.05) is 6.92 Å². The van der Waals surface area contributed by atoms with E-state index in [9.17, 15) is 0 Å². The van der Waals surface area contributed by atoms with E-state index in [2.05, 4.69) is 23.6 Å². The SMILES string of the molecule is CCN1CCCN(CCN)C(C)C1. The summed E-state index contributed by atoms with van der Waals surface area (Å²) >= 11 is 0. The molecule has 3 heteroatoms. The second-order valence-corrected chi connectivity index (χ2v) is 3.92. The average Bonchev–Trinajstić information content (AvgIpc) is 2.30. The Morgan fingerprint density at radius 3 is 2.77 bits per heavy atom. The van der Waals surface area contributed by atoms with Crippen LogP contribution in [0.4, 0.5) is 0 Å². The van der Waals surface area contributed by atoms with Crippen LogP contribution in [0.5, 0.6) is 0 Å². The predicted octanol–water partition coefficient (Wildman–Crippen LogP) is 0.361. The summed E-state index contributed by atoms with van der Waals surface area (Å²) in [7, 11) is 0. The van der Waals surface area contributed by atoms with E-state index < -0.39 is 0 Å². The predicted molar refractivity (Wildman–Crippen MR) is 56.8 cm³/mol. The molecule has 0 radical (unpaired) electrons. The quantitative estimate of drug-likeness (QED) is 0.689. The van der Waals surface area contributed by atoms with Crippen molar-refractivity contribution in [3.63, 3.8) is 0 Å². The molecule has 1 unspecified atom stereocenters. The van der Waals surface area contributed by atoms with Crippen molar-refractivity contribution in [2.75, 3.05) is 39.3 Å². The highest BCUT2D eigenvalue weighted by Crippen LogP contribution is 2.08. The Hall–Kier alpha value is -0.120. The number of hydrogen-bond acceptors (Lipinski definition) is 3. The largest absolute Gasteiger partial charge is 0.329 e. The first-order chi connectivity index (χ1) is 6.27. The summed E-state index contributed by atoms with van der Waals surface area (Å²) in [6.07, 6.45) is 1.29. The van der Waals surface area contributed by atoms with Gasteiger partial charge in [0.25, 0.3) is 0 Å². The fourth-order valence-corrected chi connectivity index (χ4v) is 2.08. The fraction of sp³-hybridized carbons (Fsp3) is 1.00. The van der Waals surface area contributed by atoms with Crippen LogP contribution in [-0.2, 0) is 0 Å². The zero-order chi connectivity index (χ0) is 9.68. The van der Waals surface area contributed by atoms with Gasteiger partial charge in [0, 0.05) is 25.7 Å². The summed E-state index contributed by atoms with van der Waals surface area (Å²) < 4.78 is 0. The Bertz CT molecular complexity index is 138. The van der Waals surface area contributed by atoms with E-state index in [1.807, 2.05) is 0 Å². The lowest BCUT2D eigenvalue weighted by molar-refractivity contribution is 0.198. The maximum absolute atomic E-state index is 5.58. The molecule has 0 spiro atoms. The summed E-state index contributed by atoms with van der Waals surface area (Å²) in [5.41, 5.74) is 5.58. The molecule has 0 aromatic rings. The summed E-state index contributed by atoms with van der Waals surface area (Å²) in [6, 6.07) is 0.672. The highest BCUT2D eigenvalue weighted by molar-refractivity contribution is 4.76. The van der Waals surface area contributed by atoms with Crippen LogP contribution in [-0.4, -0.2) is 55.1 Å². The molecule has 1 heterocycles. The lowest BCUT2D eigenvalue weighted by Gasteiger charge is -2.27. The maximum Gasteiger partial charge on any atom is 0.0195 e. The van der Waals surface area contributed by atoms with Crippen LogP contribution in [0.3, 0.4) is 0 Å². The molecule has 1 fully saturated rings. The molecular formula is C10H23N3. The molecule has 0 saturated carbocycles. The smallest absolute Gasteiger partial charge is 0.0195 e. The van der Waals surface area contributed by atoms with Crippen LogP contribution >= 0.6 is 0 Å². The van der Waals surface area contributed by atoms with Crippen LogP contribution < -0.4 is 5.73 Å². The normalized spacial score (nSPS) is 27.5. The van der Waals surface area contributed by atoms with Gasteiger partial charge in [-0.25, -0.2) is 0 Å². The van der Waals surface area contributed by atoms with E-state index in [1.165, 1.54) is 32.6 Å². The lowest BCUT2D eigenvalue weighted by atomic mass is 10.2. The second kappa shape index (κ2) is 5.58. The van der Waals surface area contributed by atoms with Gasteiger partial charge >= 0.3 is 0 Å². The standard InChI is InChI=1S/C10H23N3/c1-3-12-6-4-7-13(8-5-11)10(2)9-12/h10H,3-9,11H2,1-2H3. The molecule has 0 bridgehead atoms. The van der Waals surface area contributed by atoms with E-state index in [4.69, 9.17) is 5.73 Å². The van der Waals surface area contributed by atoms with Gasteiger partial charge < -0.3 is 10.6 Å². The van der Waals surface area contributed by atoms with Gasteiger partial charge in [0.05, 0.1) is 0 Å². The minimum Gasteiger partial charge on any atom is -0.329 e. The lowest BCUT2D eigenvalue weighted by Crippen LogP contribution is -2.41. The van der Waals surface area contributed by atoms with Crippen LogP contribution in [0.1, 0.15) is 20.3 Å². The Morgan fingerprint density at radius 1 is 1.38 bits per heavy atom. The first kappa shape index (κ1) is 11.0. The van der Waals surface area contributed by atoms with Crippen LogP contribution in [0.2, 0.25) is 0 Å². The van der Waals surface area contributed by atoms with E-state index in [0.717, 1.165) is 13.1 Å². The number of rotatable bonds is 3. The van der Waals surface area contributed by atoms with Crippen molar-refractivity contribution in [1.29, 1.82) is 0 Å². The maximum atomic E-state index is 5.58. The van der Waals surface area contributed by atoms with E-state index in [0.29, 0.717) is 6.04 Å². The van der Waals surface area contributed by atoms with Crippen molar-refractivity contribution in [2.45, 2.75) is 26.3 Å². The molecule has 1 rings (SSSR count). The monoisotopic (exact) mass is 185 g/mol. The van der Waals surface area contributed by atoms with Crippen molar-refractivity contribution in [2.24, 2.45) is 5.73 Å². The summed E-state index contributed by atoms with van der Waals surface area (Å²) in [5, 5.41) is 0. The Kier molecular flexibility index (Phi) is 4.70. The molecule has 78 valence electrons. The Morgan fingerprint density at radius 2 is 2.15 bits per heavy atom. The highest BCUT2D eigenvalue weighted by atomic mass is 15.2. The van der Waals surface area contributed by atoms with Gasteiger partial charge in [-0.15, -0.1) is 0 Å². The third-order valence-electron chi connectivity index (χ3n) is 2.93. The van der Waals surface area contributed by atoms with E-state index in [1.54, 1.807) is 0 Å². The molecule has 0 aromatic carbocycles. The minimum absolute atomic E-state index is 0.672. The minimum atomic E-state index is 0.672. The summed E-state index contributed by atoms with van der Waals surface area (Å²) in [4.78, 5) is 5.04. The number of hydrogen-bond donors (Lipinski definition) is 1. The first-order valence-electron chi connectivity index (χ1n) is 5.44. The number of likely N-dealkylation sites (N-methyl/N-ethyl adjacent to an activating group) is 1. The molecule has 3 nitrogen and oxygen atoms in total. The average molecular weight is 185 g/mol. The van der Waals surface area contributed by atoms with Gasteiger partial charge in [0.15, 0.2) is 0 Å². The van der Waals surface area contributed by atoms with Crippen LogP contribution in [0, 0.1) is 0 Å². The molecule has 1 atom stereocenters. The van der Waals surface area contributed by atoms with Crippen molar-refractivity contribution < 1.29 is 0 Å². The molecule has 0 amide bonds. The van der Waals surface area contributed by atoms with Crippen molar-refractivity contribution >= 4 is 0 Å². The topological polar surface area (TPSA) is 32.5 Å². The zero-order valence-electron chi connectivity index (χ0n) is 9.00. The summed E-state index contributed by atoms with van der Waals surface area (Å²) in [6.45, 7) is 11.2. The van der Waals surface area contributed by atoms with E-state index >= 15 is 0 Å². The molecule has 0 aromatic heterocycles. The van der Waals surface area contributed by atoms with Gasteiger partial charge in [-0.05, 0) is 33.0 Å². The molecule has 0 aliphatic carbocycles. The fourth-order valence-electron chi connectivity index (χ4n) is 2.08. The Balaban J connectivity index is 2.41. The molecule has 13 heavy (non-hydrogen) atoms. The zero-order valence-corrected chi connectivity index (χ0v) is 9.00. The number of nitrogens with zero attached hydrogens (tertiary/aromatic N) is 2. The van der Waals surface area contributed by atoms with Crippen molar-refractivity contribution in [3.05, 3.63) is 0 Å². The second-order valence-electron chi connectivity index (χ2n) is 3.92. The molecule has 1 aliphatic rings.